The van der Waals surface area contributed by atoms with E-state index in [1.165, 1.54) is 5.56 Å². The number of likely N-dealkylation sites (tertiary alicyclic amines) is 1. The molecule has 2 amide bonds. The van der Waals surface area contributed by atoms with Gasteiger partial charge in [-0.25, -0.2) is 4.79 Å². The van der Waals surface area contributed by atoms with E-state index in [-0.39, 0.29) is 18.1 Å². The van der Waals surface area contributed by atoms with Gasteiger partial charge in [0.25, 0.3) is 0 Å². The summed E-state index contributed by atoms with van der Waals surface area (Å²) in [5, 5.41) is 6.40. The van der Waals surface area contributed by atoms with Gasteiger partial charge in [0.15, 0.2) is 5.82 Å². The Morgan fingerprint density at radius 1 is 1.27 bits per heavy atom. The molecule has 6 nitrogen and oxygen atoms in total. The fraction of sp³-hybridized carbons (Fsp3) is 0.438. The predicted octanol–water partition coefficient (Wildman–Crippen LogP) is 3.53. The lowest BCUT2D eigenvalue weighted by molar-refractivity contribution is 0.188. The summed E-state index contributed by atoms with van der Waals surface area (Å²) in [5.74, 6) is 0.505. The molecule has 22 heavy (non-hydrogen) atoms. The molecule has 1 aromatic heterocycles. The first-order chi connectivity index (χ1) is 10.7. The van der Waals surface area contributed by atoms with Gasteiger partial charge in [-0.1, -0.05) is 48.3 Å². The summed E-state index contributed by atoms with van der Waals surface area (Å²) in [4.78, 5) is 18.5. The number of rotatable bonds is 2. The third-order valence-electron chi connectivity index (χ3n) is 3.94. The number of amides is 2. The molecular weight excluding hydrogens is 280 g/mol. The summed E-state index contributed by atoms with van der Waals surface area (Å²) in [5.41, 5.74) is 1.17. The molecule has 0 radical (unpaired) electrons. The fourth-order valence-electron chi connectivity index (χ4n) is 2.88. The van der Waals surface area contributed by atoms with E-state index in [2.05, 4.69) is 27.6 Å². The Morgan fingerprint density at radius 3 is 2.82 bits per heavy atom. The molecule has 6 heteroatoms. The number of aromatic nitrogens is 2. The molecule has 1 aliphatic heterocycles. The molecule has 0 bridgehead atoms. The van der Waals surface area contributed by atoms with Gasteiger partial charge in [-0.2, -0.15) is 4.98 Å². The first-order valence-corrected chi connectivity index (χ1v) is 7.67. The van der Waals surface area contributed by atoms with Gasteiger partial charge < -0.3 is 9.42 Å². The van der Waals surface area contributed by atoms with Crippen LogP contribution in [-0.4, -0.2) is 27.6 Å². The van der Waals surface area contributed by atoms with Crippen molar-refractivity contribution < 1.29 is 9.32 Å². The number of nitrogens with one attached hydrogen (secondary N) is 1. The largest absolute Gasteiger partial charge is 0.329 e. The van der Waals surface area contributed by atoms with Crippen LogP contribution in [0.2, 0.25) is 0 Å². The Morgan fingerprint density at radius 2 is 2.09 bits per heavy atom. The maximum absolute atomic E-state index is 12.6. The maximum atomic E-state index is 12.6. The van der Waals surface area contributed by atoms with Crippen molar-refractivity contribution in [1.82, 2.24) is 15.0 Å². The van der Waals surface area contributed by atoms with Crippen LogP contribution < -0.4 is 5.32 Å². The van der Waals surface area contributed by atoms with E-state index >= 15 is 0 Å². The van der Waals surface area contributed by atoms with Crippen molar-refractivity contribution in [3.05, 3.63) is 41.7 Å². The lowest BCUT2D eigenvalue weighted by Gasteiger charge is -2.30. The lowest BCUT2D eigenvalue weighted by Crippen LogP contribution is -2.38. The topological polar surface area (TPSA) is 71.3 Å². The highest BCUT2D eigenvalue weighted by atomic mass is 16.5. The fourth-order valence-corrected chi connectivity index (χ4v) is 2.88. The van der Waals surface area contributed by atoms with Crippen LogP contribution in [0, 0.1) is 6.92 Å². The number of hydrogen-bond donors (Lipinski definition) is 1. The first kappa shape index (κ1) is 14.6. The molecular formula is C16H20N4O2. The second-order valence-electron chi connectivity index (χ2n) is 5.55. The van der Waals surface area contributed by atoms with E-state index in [0.717, 1.165) is 32.2 Å². The van der Waals surface area contributed by atoms with Gasteiger partial charge in [-0.3, -0.25) is 5.32 Å². The van der Waals surface area contributed by atoms with Crippen LogP contribution in [0.15, 0.2) is 34.9 Å². The average Bonchev–Trinajstić information content (AvgIpc) is 2.80. The van der Waals surface area contributed by atoms with Crippen molar-refractivity contribution in [3.8, 4) is 0 Å². The third-order valence-corrected chi connectivity index (χ3v) is 3.94. The molecule has 0 aliphatic carbocycles. The van der Waals surface area contributed by atoms with Gasteiger partial charge >= 0.3 is 12.0 Å². The summed E-state index contributed by atoms with van der Waals surface area (Å²) in [7, 11) is 0. The molecule has 0 unspecified atom stereocenters. The van der Waals surface area contributed by atoms with E-state index in [0.29, 0.717) is 5.82 Å². The van der Waals surface area contributed by atoms with E-state index < -0.39 is 0 Å². The summed E-state index contributed by atoms with van der Waals surface area (Å²) in [6.45, 7) is 2.45. The highest BCUT2D eigenvalue weighted by Crippen LogP contribution is 2.30. The Bertz CT molecular complexity index is 626. The Hall–Kier alpha value is -2.37. The van der Waals surface area contributed by atoms with Gasteiger partial charge in [0.05, 0.1) is 6.04 Å². The smallest absolute Gasteiger partial charge is 0.317 e. The third kappa shape index (κ3) is 3.27. The van der Waals surface area contributed by atoms with Gasteiger partial charge in [0.2, 0.25) is 0 Å². The standard InChI is InChI=1S/C16H20N4O2/c1-12-17-15(22-19-12)18-16(21)20-11-7-3-6-10-14(20)13-8-4-2-5-9-13/h2,4-5,8-9,14H,3,6-7,10-11H2,1H3,(H,17,18,19,21)/t14-/m0/s1. The minimum absolute atomic E-state index is 0.0905. The van der Waals surface area contributed by atoms with Crippen LogP contribution in [0.25, 0.3) is 0 Å². The second kappa shape index (κ2) is 6.60. The van der Waals surface area contributed by atoms with Crippen LogP contribution in [0.4, 0.5) is 10.8 Å². The molecule has 3 rings (SSSR count). The molecule has 1 aromatic carbocycles. The van der Waals surface area contributed by atoms with Crippen LogP contribution >= 0.6 is 0 Å². The molecule has 1 N–H and O–H groups in total. The van der Waals surface area contributed by atoms with Crippen molar-refractivity contribution in [3.63, 3.8) is 0 Å². The molecule has 116 valence electrons. The van der Waals surface area contributed by atoms with Crippen molar-refractivity contribution in [1.29, 1.82) is 0 Å². The number of anilines is 1. The summed E-state index contributed by atoms with van der Waals surface area (Å²) < 4.78 is 4.98. The molecule has 1 atom stereocenters. The van der Waals surface area contributed by atoms with Crippen molar-refractivity contribution in [2.75, 3.05) is 11.9 Å². The first-order valence-electron chi connectivity index (χ1n) is 7.67. The van der Waals surface area contributed by atoms with Crippen molar-refractivity contribution in [2.24, 2.45) is 0 Å². The Balaban J connectivity index is 1.79. The highest BCUT2D eigenvalue weighted by Gasteiger charge is 2.27. The number of nitrogens with zero attached hydrogens (tertiary/aromatic N) is 3. The zero-order valence-corrected chi connectivity index (χ0v) is 12.7. The molecule has 1 saturated heterocycles. The molecule has 1 fully saturated rings. The average molecular weight is 300 g/mol. The lowest BCUT2D eigenvalue weighted by atomic mass is 10.0. The van der Waals surface area contributed by atoms with Crippen LogP contribution in [0.1, 0.15) is 43.1 Å². The molecule has 0 saturated carbocycles. The van der Waals surface area contributed by atoms with Gasteiger partial charge in [-0.15, -0.1) is 0 Å². The Kier molecular flexibility index (Phi) is 4.37. The van der Waals surface area contributed by atoms with E-state index in [1.807, 2.05) is 23.1 Å². The van der Waals surface area contributed by atoms with E-state index in [1.54, 1.807) is 6.92 Å². The molecule has 1 aliphatic rings. The van der Waals surface area contributed by atoms with Crippen LogP contribution in [0.3, 0.4) is 0 Å². The van der Waals surface area contributed by atoms with Crippen molar-refractivity contribution in [2.45, 2.75) is 38.6 Å². The quantitative estimate of drug-likeness (QED) is 0.921. The number of urea groups is 1. The SMILES string of the molecule is Cc1noc(NC(=O)N2CCCCC[C@H]2c2ccccc2)n1. The summed E-state index contributed by atoms with van der Waals surface area (Å²) >= 11 is 0. The summed E-state index contributed by atoms with van der Waals surface area (Å²) in [6.07, 6.45) is 4.26. The minimum atomic E-state index is -0.181. The minimum Gasteiger partial charge on any atom is -0.317 e. The number of carbonyl (C=O) groups is 1. The van der Waals surface area contributed by atoms with Gasteiger partial charge in [-0.05, 0) is 25.3 Å². The zero-order chi connectivity index (χ0) is 15.4. The molecule has 0 spiro atoms. The van der Waals surface area contributed by atoms with Gasteiger partial charge in [0.1, 0.15) is 0 Å². The number of carbonyl (C=O) groups excluding carboxylic acids is 1. The normalized spacial score (nSPS) is 18.8. The van der Waals surface area contributed by atoms with Crippen molar-refractivity contribution >= 4 is 12.0 Å². The highest BCUT2D eigenvalue weighted by molar-refractivity contribution is 5.87. The number of hydrogen-bond acceptors (Lipinski definition) is 4. The molecule has 2 heterocycles. The molecule has 2 aromatic rings. The number of aryl methyl sites for hydroxylation is 1. The second-order valence-corrected chi connectivity index (χ2v) is 5.55. The number of benzene rings is 1. The Labute approximate surface area is 129 Å². The predicted molar refractivity (Wildman–Crippen MR) is 82.4 cm³/mol. The monoisotopic (exact) mass is 300 g/mol. The van der Waals surface area contributed by atoms with Crippen LogP contribution in [-0.2, 0) is 0 Å². The van der Waals surface area contributed by atoms with Crippen LogP contribution in [0.5, 0.6) is 0 Å². The maximum Gasteiger partial charge on any atom is 0.329 e. The summed E-state index contributed by atoms with van der Waals surface area (Å²) in [6, 6.07) is 10.2. The van der Waals surface area contributed by atoms with E-state index in [9.17, 15) is 4.79 Å². The van der Waals surface area contributed by atoms with Gasteiger partial charge in [0, 0.05) is 6.54 Å². The zero-order valence-electron chi connectivity index (χ0n) is 12.7. The van der Waals surface area contributed by atoms with E-state index in [4.69, 9.17) is 4.52 Å².